The number of rotatable bonds is 6. The summed E-state index contributed by atoms with van der Waals surface area (Å²) in [6, 6.07) is 19.7. The lowest BCUT2D eigenvalue weighted by atomic mass is 10.2. The zero-order valence-corrected chi connectivity index (χ0v) is 23.3. The topological polar surface area (TPSA) is 136 Å². The number of para-hydroxylation sites is 1. The number of nitrogens with two attached hydrogens (primary N) is 1. The molecule has 11 nitrogen and oxygen atoms in total. The molecule has 5 aromatic rings. The molecule has 5 rings (SSSR count). The van der Waals surface area contributed by atoms with Crippen LogP contribution in [0.15, 0.2) is 77.9 Å². The Labute approximate surface area is 236 Å². The van der Waals surface area contributed by atoms with Crippen LogP contribution >= 0.6 is 0 Å². The maximum absolute atomic E-state index is 14.1. The first kappa shape index (κ1) is 27.3. The van der Waals surface area contributed by atoms with Gasteiger partial charge in [0.05, 0.1) is 18.5 Å². The Balaban J connectivity index is 1.63. The largest absolute Gasteiger partial charge is 0.497 e. The molecule has 0 saturated carbocycles. The molecule has 3 aromatic carbocycles. The van der Waals surface area contributed by atoms with E-state index in [-0.39, 0.29) is 11.5 Å². The number of ether oxygens (including phenoxy) is 3. The Morgan fingerprint density at radius 3 is 2.37 bits per heavy atom. The zero-order chi connectivity index (χ0) is 29.3. The lowest BCUT2D eigenvalue weighted by Gasteiger charge is -2.20. The van der Waals surface area contributed by atoms with E-state index in [0.717, 1.165) is 5.56 Å². The van der Waals surface area contributed by atoms with Gasteiger partial charge in [0, 0.05) is 17.8 Å². The number of benzene rings is 3. The van der Waals surface area contributed by atoms with E-state index in [0.29, 0.717) is 39.8 Å². The number of imidazole rings is 1. The molecule has 3 N–H and O–H groups in total. The number of amides is 1. The third-order valence-electron chi connectivity index (χ3n) is 6.07. The molecule has 0 aliphatic carbocycles. The van der Waals surface area contributed by atoms with E-state index in [2.05, 4.69) is 15.3 Å². The summed E-state index contributed by atoms with van der Waals surface area (Å²) < 4.78 is 19.7. The fourth-order valence-electron chi connectivity index (χ4n) is 4.39. The summed E-state index contributed by atoms with van der Waals surface area (Å²) >= 11 is 0. The minimum atomic E-state index is -0.690. The van der Waals surface area contributed by atoms with Crippen molar-refractivity contribution in [1.29, 1.82) is 0 Å². The predicted molar refractivity (Wildman–Crippen MR) is 157 cm³/mol. The van der Waals surface area contributed by atoms with Gasteiger partial charge < -0.3 is 19.9 Å². The van der Waals surface area contributed by atoms with Gasteiger partial charge >= 0.3 is 11.8 Å². The van der Waals surface area contributed by atoms with Crippen LogP contribution in [0.4, 0.5) is 16.3 Å². The molecule has 0 atom stereocenters. The van der Waals surface area contributed by atoms with Crippen molar-refractivity contribution in [2.75, 3.05) is 18.2 Å². The fraction of sp³-hybridized carbons (Fsp3) is 0.200. The normalized spacial score (nSPS) is 11.3. The van der Waals surface area contributed by atoms with Crippen LogP contribution in [-0.4, -0.2) is 37.9 Å². The first-order valence-corrected chi connectivity index (χ1v) is 12.8. The van der Waals surface area contributed by atoms with E-state index in [9.17, 15) is 9.59 Å². The van der Waals surface area contributed by atoms with E-state index < -0.39 is 17.4 Å². The highest BCUT2D eigenvalue weighted by molar-refractivity contribution is 5.88. The summed E-state index contributed by atoms with van der Waals surface area (Å²) in [7, 11) is 1.49. The van der Waals surface area contributed by atoms with Crippen LogP contribution in [0.5, 0.6) is 17.2 Å². The summed E-state index contributed by atoms with van der Waals surface area (Å²) in [5.74, 6) is 1.84. The van der Waals surface area contributed by atoms with Crippen LogP contribution in [0.1, 0.15) is 26.3 Å². The standard InChI is InChI=1S/C30H30N6O5/c1-18-13-22(40-21-9-7-6-8-10-21)11-12-24(18)36-25-26(31)32-17-33-27(25)35(29(36)38)20-14-19(15-23(16-20)39-5)34-28(37)41-30(2,3)4/h6-17H,1-5H3,(H,34,37)(H2,31,32,33). The maximum atomic E-state index is 14.1. The Morgan fingerprint density at radius 1 is 0.927 bits per heavy atom. The van der Waals surface area contributed by atoms with E-state index in [4.69, 9.17) is 19.9 Å². The number of aromatic nitrogens is 4. The van der Waals surface area contributed by atoms with Crippen molar-refractivity contribution >= 4 is 28.8 Å². The molecule has 2 aromatic heterocycles. The average molecular weight is 555 g/mol. The number of fused-ring (bicyclic) bond motifs is 1. The molecule has 210 valence electrons. The number of aryl methyl sites for hydroxylation is 1. The van der Waals surface area contributed by atoms with Crippen LogP contribution in [0.25, 0.3) is 22.5 Å². The van der Waals surface area contributed by atoms with Gasteiger partial charge in [0.1, 0.15) is 34.7 Å². The second-order valence-corrected chi connectivity index (χ2v) is 10.3. The highest BCUT2D eigenvalue weighted by atomic mass is 16.6. The van der Waals surface area contributed by atoms with Crippen molar-refractivity contribution in [3.63, 3.8) is 0 Å². The van der Waals surface area contributed by atoms with Gasteiger partial charge in [-0.05, 0) is 69.7 Å². The highest BCUT2D eigenvalue weighted by Crippen LogP contribution is 2.30. The van der Waals surface area contributed by atoms with Crippen LogP contribution in [0, 0.1) is 6.92 Å². The lowest BCUT2D eigenvalue weighted by molar-refractivity contribution is 0.0636. The predicted octanol–water partition coefficient (Wildman–Crippen LogP) is 5.61. The quantitative estimate of drug-likeness (QED) is 0.276. The second-order valence-electron chi connectivity index (χ2n) is 10.3. The Morgan fingerprint density at radius 2 is 1.68 bits per heavy atom. The maximum Gasteiger partial charge on any atom is 0.412 e. The van der Waals surface area contributed by atoms with Gasteiger partial charge in [-0.2, -0.15) is 0 Å². The molecular weight excluding hydrogens is 524 g/mol. The number of hydrogen-bond donors (Lipinski definition) is 2. The van der Waals surface area contributed by atoms with Crippen molar-refractivity contribution in [2.45, 2.75) is 33.3 Å². The number of methoxy groups -OCH3 is 1. The van der Waals surface area contributed by atoms with E-state index >= 15 is 0 Å². The summed E-state index contributed by atoms with van der Waals surface area (Å²) in [6.45, 7) is 7.18. The molecule has 0 bridgehead atoms. The average Bonchev–Trinajstić information content (AvgIpc) is 3.20. The van der Waals surface area contributed by atoms with Gasteiger partial charge in [-0.1, -0.05) is 18.2 Å². The molecule has 11 heteroatoms. The van der Waals surface area contributed by atoms with Crippen LogP contribution in [0.2, 0.25) is 0 Å². The van der Waals surface area contributed by atoms with Gasteiger partial charge in [-0.3, -0.25) is 9.88 Å². The molecule has 0 saturated heterocycles. The van der Waals surface area contributed by atoms with E-state index in [1.54, 1.807) is 51.1 Å². The smallest absolute Gasteiger partial charge is 0.412 e. The Hall–Kier alpha value is -5.32. The lowest BCUT2D eigenvalue weighted by Crippen LogP contribution is -2.27. The van der Waals surface area contributed by atoms with Gasteiger partial charge in [-0.15, -0.1) is 0 Å². The fourth-order valence-corrected chi connectivity index (χ4v) is 4.39. The number of hydrogen-bond acceptors (Lipinski definition) is 8. The first-order chi connectivity index (χ1) is 19.5. The van der Waals surface area contributed by atoms with Gasteiger partial charge in [0.15, 0.2) is 11.5 Å². The molecule has 1 amide bonds. The zero-order valence-electron chi connectivity index (χ0n) is 23.3. The Kier molecular flexibility index (Phi) is 7.10. The van der Waals surface area contributed by atoms with Gasteiger partial charge in [-0.25, -0.2) is 24.1 Å². The van der Waals surface area contributed by atoms with Gasteiger partial charge in [0.25, 0.3) is 0 Å². The van der Waals surface area contributed by atoms with Crippen molar-refractivity contribution in [1.82, 2.24) is 19.1 Å². The Bertz CT molecular complexity index is 1800. The molecule has 2 heterocycles. The molecule has 0 aliphatic heterocycles. The van der Waals surface area contributed by atoms with Crippen LogP contribution < -0.4 is 26.2 Å². The number of nitrogen functional groups attached to an aromatic ring is 1. The summed E-state index contributed by atoms with van der Waals surface area (Å²) in [4.78, 5) is 35.1. The second kappa shape index (κ2) is 10.7. The van der Waals surface area contributed by atoms with Crippen molar-refractivity contribution in [3.05, 3.63) is 89.1 Å². The number of carbonyl (C=O) groups excluding carboxylic acids is 1. The third kappa shape index (κ3) is 5.69. The van der Waals surface area contributed by atoms with Crippen molar-refractivity contribution < 1.29 is 19.0 Å². The molecule has 0 fully saturated rings. The molecule has 0 aliphatic rings. The third-order valence-corrected chi connectivity index (χ3v) is 6.07. The molecule has 0 spiro atoms. The molecule has 41 heavy (non-hydrogen) atoms. The number of anilines is 2. The minimum absolute atomic E-state index is 0.130. The van der Waals surface area contributed by atoms with Crippen LogP contribution in [-0.2, 0) is 4.74 Å². The highest BCUT2D eigenvalue weighted by Gasteiger charge is 2.23. The summed E-state index contributed by atoms with van der Waals surface area (Å²) in [6.07, 6.45) is 0.647. The first-order valence-electron chi connectivity index (χ1n) is 12.8. The monoisotopic (exact) mass is 554 g/mol. The minimum Gasteiger partial charge on any atom is -0.497 e. The van der Waals surface area contributed by atoms with Gasteiger partial charge in [0.2, 0.25) is 0 Å². The number of nitrogens with one attached hydrogen (secondary N) is 1. The SMILES string of the molecule is COc1cc(NC(=O)OC(C)(C)C)cc(-n2c(=O)n(-c3ccc(Oc4ccccc4)cc3C)c3c(N)ncnc32)c1. The summed E-state index contributed by atoms with van der Waals surface area (Å²) in [5, 5.41) is 2.70. The van der Waals surface area contributed by atoms with E-state index in [1.165, 1.54) is 22.6 Å². The molecule has 0 radical (unpaired) electrons. The molecule has 0 unspecified atom stereocenters. The van der Waals surface area contributed by atoms with Crippen LogP contribution in [0.3, 0.4) is 0 Å². The van der Waals surface area contributed by atoms with E-state index in [1.807, 2.05) is 43.3 Å². The van der Waals surface area contributed by atoms with Crippen molar-refractivity contribution in [3.8, 4) is 28.6 Å². The number of nitrogens with zero attached hydrogens (tertiary/aromatic N) is 4. The summed E-state index contributed by atoms with van der Waals surface area (Å²) in [5.41, 5.74) is 7.88. The molecular formula is C30H30N6O5. The van der Waals surface area contributed by atoms with Crippen molar-refractivity contribution in [2.24, 2.45) is 0 Å². The number of carbonyl (C=O) groups is 1.